The minimum Gasteiger partial charge on any atom is -0.494 e. The fourth-order valence-corrected chi connectivity index (χ4v) is 4.09. The molecule has 0 bridgehead atoms. The minimum absolute atomic E-state index is 0.0196. The standard InChI is InChI=1S/C24H27N3O2/c1-27(16-20-11-12-22(29-2)23-21(20)6-4-14-26-23)24(28)18-9-7-17(8-10-18)19-5-3-13-25-15-19/h4,6-12,14,19,25H,3,5,13,15-16H2,1-2H3. The molecule has 4 rings (SSSR count). The highest BCUT2D eigenvalue weighted by molar-refractivity contribution is 5.94. The lowest BCUT2D eigenvalue weighted by Crippen LogP contribution is -2.28. The molecule has 5 nitrogen and oxygen atoms in total. The molecule has 1 aliphatic rings. The first kappa shape index (κ1) is 19.4. The number of nitrogens with zero attached hydrogens (tertiary/aromatic N) is 2. The SMILES string of the molecule is COc1ccc(CN(C)C(=O)c2ccc(C3CCCNC3)cc2)c2cccnc12. The van der Waals surface area contributed by atoms with E-state index in [2.05, 4.69) is 22.4 Å². The third-order valence-corrected chi connectivity index (χ3v) is 5.72. The minimum atomic E-state index is 0.0196. The summed E-state index contributed by atoms with van der Waals surface area (Å²) < 4.78 is 5.42. The number of aromatic nitrogens is 1. The third-order valence-electron chi connectivity index (χ3n) is 5.72. The summed E-state index contributed by atoms with van der Waals surface area (Å²) in [6.45, 7) is 2.64. The van der Waals surface area contributed by atoms with Crippen molar-refractivity contribution in [2.45, 2.75) is 25.3 Å². The Morgan fingerprint density at radius 1 is 1.21 bits per heavy atom. The first-order valence-corrected chi connectivity index (χ1v) is 10.1. The van der Waals surface area contributed by atoms with Crippen LogP contribution in [0.4, 0.5) is 0 Å². The van der Waals surface area contributed by atoms with Crippen molar-refractivity contribution in [1.29, 1.82) is 0 Å². The van der Waals surface area contributed by atoms with Crippen molar-refractivity contribution in [3.05, 3.63) is 71.4 Å². The van der Waals surface area contributed by atoms with Gasteiger partial charge in [0.05, 0.1) is 7.11 Å². The largest absolute Gasteiger partial charge is 0.494 e. The highest BCUT2D eigenvalue weighted by atomic mass is 16.5. The van der Waals surface area contributed by atoms with Crippen LogP contribution < -0.4 is 10.1 Å². The smallest absolute Gasteiger partial charge is 0.253 e. The van der Waals surface area contributed by atoms with Gasteiger partial charge in [-0.25, -0.2) is 0 Å². The molecule has 0 spiro atoms. The predicted octanol–water partition coefficient (Wildman–Crippen LogP) is 3.98. The maximum Gasteiger partial charge on any atom is 0.253 e. The molecule has 1 aliphatic heterocycles. The van der Waals surface area contributed by atoms with Gasteiger partial charge in [0, 0.05) is 37.3 Å². The summed E-state index contributed by atoms with van der Waals surface area (Å²) >= 11 is 0. The second kappa shape index (κ2) is 8.62. The Bertz CT molecular complexity index is 995. The van der Waals surface area contributed by atoms with E-state index < -0.39 is 0 Å². The van der Waals surface area contributed by atoms with Crippen LogP contribution in [0.1, 0.15) is 40.2 Å². The van der Waals surface area contributed by atoms with Gasteiger partial charge in [-0.2, -0.15) is 0 Å². The fraction of sp³-hybridized carbons (Fsp3) is 0.333. The Morgan fingerprint density at radius 3 is 2.76 bits per heavy atom. The summed E-state index contributed by atoms with van der Waals surface area (Å²) in [5.74, 6) is 1.31. The number of carbonyl (C=O) groups excluding carboxylic acids is 1. The molecule has 1 N–H and O–H groups in total. The number of ether oxygens (including phenoxy) is 1. The molecule has 5 heteroatoms. The topological polar surface area (TPSA) is 54.5 Å². The number of piperidine rings is 1. The summed E-state index contributed by atoms with van der Waals surface area (Å²) in [4.78, 5) is 19.2. The molecule has 1 unspecified atom stereocenters. The van der Waals surface area contributed by atoms with E-state index in [0.29, 0.717) is 12.5 Å². The van der Waals surface area contributed by atoms with Crippen molar-refractivity contribution in [1.82, 2.24) is 15.2 Å². The molecule has 0 saturated carbocycles. The summed E-state index contributed by atoms with van der Waals surface area (Å²) in [7, 11) is 3.49. The average molecular weight is 389 g/mol. The quantitative estimate of drug-likeness (QED) is 0.717. The van der Waals surface area contributed by atoms with Gasteiger partial charge in [-0.15, -0.1) is 0 Å². The summed E-state index contributed by atoms with van der Waals surface area (Å²) in [5, 5.41) is 4.46. The van der Waals surface area contributed by atoms with Crippen LogP contribution in [0.15, 0.2) is 54.7 Å². The first-order chi connectivity index (χ1) is 14.2. The Labute approximate surface area is 171 Å². The number of fused-ring (bicyclic) bond motifs is 1. The molecule has 2 aromatic carbocycles. The molecule has 1 saturated heterocycles. The van der Waals surface area contributed by atoms with Crippen molar-refractivity contribution in [2.24, 2.45) is 0 Å². The van der Waals surface area contributed by atoms with Gasteiger partial charge in [0.1, 0.15) is 11.3 Å². The van der Waals surface area contributed by atoms with Crippen molar-refractivity contribution in [3.8, 4) is 5.75 Å². The summed E-state index contributed by atoms with van der Waals surface area (Å²) in [6, 6.07) is 16.0. The van der Waals surface area contributed by atoms with Crippen molar-refractivity contribution < 1.29 is 9.53 Å². The van der Waals surface area contributed by atoms with E-state index in [-0.39, 0.29) is 5.91 Å². The van der Waals surface area contributed by atoms with Gasteiger partial charge in [-0.05, 0) is 60.7 Å². The van der Waals surface area contributed by atoms with Crippen LogP contribution in [0.3, 0.4) is 0 Å². The number of methoxy groups -OCH3 is 1. The monoisotopic (exact) mass is 389 g/mol. The van der Waals surface area contributed by atoms with Crippen molar-refractivity contribution in [2.75, 3.05) is 27.2 Å². The lowest BCUT2D eigenvalue weighted by atomic mass is 9.91. The predicted molar refractivity (Wildman–Crippen MR) is 115 cm³/mol. The van der Waals surface area contributed by atoms with Crippen LogP contribution in [0.25, 0.3) is 10.9 Å². The zero-order valence-electron chi connectivity index (χ0n) is 17.0. The number of amides is 1. The fourth-order valence-electron chi connectivity index (χ4n) is 4.09. The molecule has 3 aromatic rings. The highest BCUT2D eigenvalue weighted by Crippen LogP contribution is 2.28. The van der Waals surface area contributed by atoms with Gasteiger partial charge >= 0.3 is 0 Å². The molecule has 0 aliphatic carbocycles. The van der Waals surface area contributed by atoms with E-state index in [1.54, 1.807) is 18.2 Å². The highest BCUT2D eigenvalue weighted by Gasteiger charge is 2.18. The first-order valence-electron chi connectivity index (χ1n) is 10.1. The maximum absolute atomic E-state index is 13.0. The van der Waals surface area contributed by atoms with Gasteiger partial charge in [0.25, 0.3) is 5.91 Å². The zero-order valence-corrected chi connectivity index (χ0v) is 17.0. The molecule has 2 heterocycles. The summed E-state index contributed by atoms with van der Waals surface area (Å²) in [6.07, 6.45) is 4.17. The number of rotatable bonds is 5. The van der Waals surface area contributed by atoms with Crippen LogP contribution in [0.2, 0.25) is 0 Å². The van der Waals surface area contributed by atoms with Crippen molar-refractivity contribution >= 4 is 16.8 Å². The Kier molecular flexibility index (Phi) is 5.76. The van der Waals surface area contributed by atoms with Gasteiger partial charge in [-0.1, -0.05) is 24.3 Å². The van der Waals surface area contributed by atoms with Crippen LogP contribution in [-0.4, -0.2) is 43.0 Å². The van der Waals surface area contributed by atoms with E-state index in [1.807, 2.05) is 43.4 Å². The maximum atomic E-state index is 13.0. The van der Waals surface area contributed by atoms with E-state index in [0.717, 1.165) is 40.9 Å². The molecular weight excluding hydrogens is 362 g/mol. The Hall–Kier alpha value is -2.92. The van der Waals surface area contributed by atoms with E-state index in [9.17, 15) is 4.79 Å². The molecule has 1 atom stereocenters. The van der Waals surface area contributed by atoms with Crippen LogP contribution >= 0.6 is 0 Å². The number of hydrogen-bond acceptors (Lipinski definition) is 4. The molecule has 1 amide bonds. The van der Waals surface area contributed by atoms with Crippen molar-refractivity contribution in [3.63, 3.8) is 0 Å². The molecule has 1 fully saturated rings. The lowest BCUT2D eigenvalue weighted by molar-refractivity contribution is 0.0785. The van der Waals surface area contributed by atoms with Gasteiger partial charge in [0.2, 0.25) is 0 Å². The van der Waals surface area contributed by atoms with Crippen LogP contribution in [-0.2, 0) is 6.54 Å². The summed E-state index contributed by atoms with van der Waals surface area (Å²) in [5.41, 5.74) is 3.90. The van der Waals surface area contributed by atoms with E-state index >= 15 is 0 Å². The molecule has 29 heavy (non-hydrogen) atoms. The third kappa shape index (κ3) is 4.10. The normalized spacial score (nSPS) is 16.6. The number of carbonyl (C=O) groups is 1. The average Bonchev–Trinajstić information content (AvgIpc) is 2.79. The van der Waals surface area contributed by atoms with Gasteiger partial charge in [-0.3, -0.25) is 9.78 Å². The van der Waals surface area contributed by atoms with Gasteiger partial charge < -0.3 is 15.0 Å². The second-order valence-electron chi connectivity index (χ2n) is 7.65. The van der Waals surface area contributed by atoms with Crippen LogP contribution in [0, 0.1) is 0 Å². The molecule has 0 radical (unpaired) electrons. The second-order valence-corrected chi connectivity index (χ2v) is 7.65. The zero-order chi connectivity index (χ0) is 20.2. The Morgan fingerprint density at radius 2 is 2.03 bits per heavy atom. The number of nitrogens with one attached hydrogen (secondary N) is 1. The number of benzene rings is 2. The molecular formula is C24H27N3O2. The van der Waals surface area contributed by atoms with Gasteiger partial charge in [0.15, 0.2) is 0 Å². The molecule has 150 valence electrons. The molecule has 1 aromatic heterocycles. The van der Waals surface area contributed by atoms with E-state index in [1.165, 1.54) is 18.4 Å². The lowest BCUT2D eigenvalue weighted by Gasteiger charge is -2.23. The Balaban J connectivity index is 1.51. The number of pyridine rings is 1. The number of hydrogen-bond donors (Lipinski definition) is 1. The van der Waals surface area contributed by atoms with Crippen LogP contribution in [0.5, 0.6) is 5.75 Å². The van der Waals surface area contributed by atoms with E-state index in [4.69, 9.17) is 4.74 Å².